The minimum Gasteiger partial charge on any atom is -0.274 e. The number of nitrogens with one attached hydrogen (secondary N) is 1. The van der Waals surface area contributed by atoms with E-state index in [0.29, 0.717) is 27.2 Å². The zero-order valence-corrected chi connectivity index (χ0v) is 18.4. The van der Waals surface area contributed by atoms with Crippen molar-refractivity contribution >= 4 is 62.5 Å². The number of sulfonamides is 1. The minimum absolute atomic E-state index is 0.0690. The lowest BCUT2D eigenvalue weighted by Gasteiger charge is -2.14. The first-order valence-electron chi connectivity index (χ1n) is 8.76. The van der Waals surface area contributed by atoms with Gasteiger partial charge in [0.15, 0.2) is 0 Å². The Morgan fingerprint density at radius 3 is 2.14 bits per heavy atom. The van der Waals surface area contributed by atoms with E-state index in [0.717, 1.165) is 10.5 Å². The second kappa shape index (κ2) is 9.49. The van der Waals surface area contributed by atoms with E-state index >= 15 is 0 Å². The highest BCUT2D eigenvalue weighted by Gasteiger charge is 2.30. The number of imide groups is 1. The number of thioether (sulfide) groups is 1. The molecule has 0 aliphatic carbocycles. The molecular weight excluding hydrogens is 455 g/mol. The van der Waals surface area contributed by atoms with E-state index in [9.17, 15) is 18.0 Å². The van der Waals surface area contributed by atoms with Gasteiger partial charge in [-0.25, -0.2) is 13.1 Å². The van der Waals surface area contributed by atoms with Crippen molar-refractivity contribution in [3.05, 3.63) is 58.1 Å². The van der Waals surface area contributed by atoms with Gasteiger partial charge in [-0.2, -0.15) is 11.8 Å². The van der Waals surface area contributed by atoms with Crippen LogP contribution in [0.25, 0.3) is 0 Å². The van der Waals surface area contributed by atoms with Crippen LogP contribution in [0.15, 0.2) is 47.4 Å². The Kier molecular flexibility index (Phi) is 7.23. The van der Waals surface area contributed by atoms with Gasteiger partial charge in [-0.1, -0.05) is 29.3 Å². The summed E-state index contributed by atoms with van der Waals surface area (Å²) in [5.41, 5.74) is 1.20. The van der Waals surface area contributed by atoms with Gasteiger partial charge in [-0.3, -0.25) is 14.5 Å². The van der Waals surface area contributed by atoms with Gasteiger partial charge >= 0.3 is 0 Å². The van der Waals surface area contributed by atoms with Crippen LogP contribution in [0, 0.1) is 0 Å². The molecule has 0 saturated carbocycles. The van der Waals surface area contributed by atoms with Gasteiger partial charge in [0.1, 0.15) is 0 Å². The number of benzene rings is 2. The van der Waals surface area contributed by atoms with Crippen LogP contribution in [-0.2, 0) is 25.4 Å². The molecule has 1 fully saturated rings. The molecule has 1 saturated heterocycles. The van der Waals surface area contributed by atoms with Crippen molar-refractivity contribution in [2.75, 3.05) is 17.2 Å². The van der Waals surface area contributed by atoms with Gasteiger partial charge in [0.05, 0.1) is 10.6 Å². The highest BCUT2D eigenvalue weighted by Crippen LogP contribution is 2.28. The van der Waals surface area contributed by atoms with Crippen molar-refractivity contribution in [1.29, 1.82) is 0 Å². The normalized spacial score (nSPS) is 14.6. The molecule has 2 amide bonds. The lowest BCUT2D eigenvalue weighted by atomic mass is 10.2. The maximum atomic E-state index is 12.4. The Balaban J connectivity index is 1.53. The standard InChI is InChI=1S/C19H18Cl2N2O4S2/c20-16-2-1-3-17(21)15(16)12-28-11-10-22-29(26,27)14-6-4-13(5-7-14)23-18(24)8-9-19(23)25/h1-7,22H,8-12H2. The third kappa shape index (κ3) is 5.32. The topological polar surface area (TPSA) is 83.6 Å². The van der Waals surface area contributed by atoms with Crippen LogP contribution in [0.4, 0.5) is 5.69 Å². The van der Waals surface area contributed by atoms with E-state index in [1.807, 2.05) is 0 Å². The first kappa shape index (κ1) is 22.1. The fourth-order valence-electron chi connectivity index (χ4n) is 2.81. The second-order valence-corrected chi connectivity index (χ2v) is 9.95. The molecule has 0 radical (unpaired) electrons. The van der Waals surface area contributed by atoms with Gasteiger partial charge in [0, 0.05) is 40.9 Å². The van der Waals surface area contributed by atoms with Crippen LogP contribution in [0.3, 0.4) is 0 Å². The fraction of sp³-hybridized carbons (Fsp3) is 0.263. The van der Waals surface area contributed by atoms with E-state index in [1.165, 1.54) is 36.0 Å². The lowest BCUT2D eigenvalue weighted by molar-refractivity contribution is -0.121. The summed E-state index contributed by atoms with van der Waals surface area (Å²) in [5.74, 6) is 0.557. The first-order chi connectivity index (χ1) is 13.8. The number of anilines is 1. The molecule has 0 atom stereocenters. The predicted octanol–water partition coefficient (Wildman–Crippen LogP) is 3.86. The molecule has 2 aromatic rings. The van der Waals surface area contributed by atoms with Gasteiger partial charge in [0.25, 0.3) is 0 Å². The third-order valence-electron chi connectivity index (χ3n) is 4.30. The number of carbonyl (C=O) groups excluding carboxylic acids is 2. The minimum atomic E-state index is -3.69. The van der Waals surface area contributed by atoms with Crippen LogP contribution < -0.4 is 9.62 Å². The molecule has 2 aromatic carbocycles. The van der Waals surface area contributed by atoms with Crippen molar-refractivity contribution in [3.8, 4) is 0 Å². The highest BCUT2D eigenvalue weighted by molar-refractivity contribution is 7.98. The Hall–Kier alpha value is -1.58. The highest BCUT2D eigenvalue weighted by atomic mass is 35.5. The van der Waals surface area contributed by atoms with Crippen LogP contribution in [0.5, 0.6) is 0 Å². The summed E-state index contributed by atoms with van der Waals surface area (Å²) in [4.78, 5) is 24.7. The van der Waals surface area contributed by atoms with E-state index in [1.54, 1.807) is 18.2 Å². The van der Waals surface area contributed by atoms with E-state index in [2.05, 4.69) is 4.72 Å². The van der Waals surface area contributed by atoms with Crippen molar-refractivity contribution in [2.45, 2.75) is 23.5 Å². The van der Waals surface area contributed by atoms with Gasteiger partial charge in [0.2, 0.25) is 21.8 Å². The third-order valence-corrected chi connectivity index (χ3v) is 7.47. The molecule has 0 aromatic heterocycles. The molecule has 1 N–H and O–H groups in total. The quantitative estimate of drug-likeness (QED) is 0.465. The largest absolute Gasteiger partial charge is 0.274 e. The molecule has 154 valence electrons. The summed E-state index contributed by atoms with van der Waals surface area (Å²) < 4.78 is 27.4. The molecule has 0 spiro atoms. The average molecular weight is 473 g/mol. The molecule has 1 aliphatic rings. The van der Waals surface area contributed by atoms with Crippen LogP contribution in [0.1, 0.15) is 18.4 Å². The zero-order chi connectivity index (χ0) is 21.0. The summed E-state index contributed by atoms with van der Waals surface area (Å²) >= 11 is 13.7. The Morgan fingerprint density at radius 1 is 0.966 bits per heavy atom. The van der Waals surface area contributed by atoms with Crippen LogP contribution >= 0.6 is 35.0 Å². The molecule has 29 heavy (non-hydrogen) atoms. The zero-order valence-electron chi connectivity index (χ0n) is 15.2. The van der Waals surface area contributed by atoms with Crippen molar-refractivity contribution < 1.29 is 18.0 Å². The summed E-state index contributed by atoms with van der Waals surface area (Å²) in [6.07, 6.45) is 0.356. The number of nitrogens with zero attached hydrogens (tertiary/aromatic N) is 1. The summed E-state index contributed by atoms with van der Waals surface area (Å²) in [6.45, 7) is 0.236. The number of halogens is 2. The molecule has 10 heteroatoms. The lowest BCUT2D eigenvalue weighted by Crippen LogP contribution is -2.29. The van der Waals surface area contributed by atoms with Crippen LogP contribution in [0.2, 0.25) is 10.0 Å². The molecule has 0 bridgehead atoms. The Bertz CT molecular complexity index is 991. The Morgan fingerprint density at radius 2 is 1.55 bits per heavy atom. The second-order valence-electron chi connectivity index (χ2n) is 6.27. The maximum Gasteiger partial charge on any atom is 0.240 e. The molecule has 0 unspecified atom stereocenters. The summed E-state index contributed by atoms with van der Waals surface area (Å²) in [6, 6.07) is 11.0. The number of carbonyl (C=O) groups is 2. The molecule has 1 aliphatic heterocycles. The predicted molar refractivity (Wildman–Crippen MR) is 116 cm³/mol. The molecule has 6 nitrogen and oxygen atoms in total. The fourth-order valence-corrected chi connectivity index (χ4v) is 5.57. The van der Waals surface area contributed by atoms with Crippen molar-refractivity contribution in [1.82, 2.24) is 4.72 Å². The average Bonchev–Trinajstić information content (AvgIpc) is 3.02. The number of hydrogen-bond donors (Lipinski definition) is 1. The maximum absolute atomic E-state index is 12.4. The van der Waals surface area contributed by atoms with Gasteiger partial charge < -0.3 is 0 Å². The SMILES string of the molecule is O=C1CCC(=O)N1c1ccc(S(=O)(=O)NCCSCc2c(Cl)cccc2Cl)cc1. The number of rotatable bonds is 8. The summed E-state index contributed by atoms with van der Waals surface area (Å²) in [7, 11) is -3.69. The molecular formula is C19H18Cl2N2O4S2. The van der Waals surface area contributed by atoms with Crippen LogP contribution in [-0.4, -0.2) is 32.5 Å². The van der Waals surface area contributed by atoms with E-state index < -0.39 is 10.0 Å². The summed E-state index contributed by atoms with van der Waals surface area (Å²) in [5, 5.41) is 1.17. The molecule has 1 heterocycles. The van der Waals surface area contributed by atoms with Crippen molar-refractivity contribution in [2.24, 2.45) is 0 Å². The smallest absolute Gasteiger partial charge is 0.240 e. The monoisotopic (exact) mass is 472 g/mol. The van der Waals surface area contributed by atoms with Gasteiger partial charge in [-0.05, 0) is 42.0 Å². The van der Waals surface area contributed by atoms with Crippen molar-refractivity contribution in [3.63, 3.8) is 0 Å². The van der Waals surface area contributed by atoms with E-state index in [4.69, 9.17) is 23.2 Å². The number of amides is 2. The Labute approximate surface area is 183 Å². The first-order valence-corrected chi connectivity index (χ1v) is 12.1. The molecule has 3 rings (SSSR count). The van der Waals surface area contributed by atoms with Gasteiger partial charge in [-0.15, -0.1) is 0 Å². The number of hydrogen-bond acceptors (Lipinski definition) is 5. The van der Waals surface area contributed by atoms with E-state index in [-0.39, 0.29) is 36.1 Å².